The first kappa shape index (κ1) is 15.6. The molecule has 1 aliphatic rings. The molecule has 1 N–H and O–H groups in total. The first-order valence-electron chi connectivity index (χ1n) is 7.88. The molecule has 0 aliphatic heterocycles. The minimum Gasteiger partial charge on any atom is -0.370 e. The Balaban J connectivity index is 2.12. The van der Waals surface area contributed by atoms with E-state index in [0.29, 0.717) is 5.92 Å². The highest BCUT2D eigenvalue weighted by Crippen LogP contribution is 2.36. The zero-order valence-corrected chi connectivity index (χ0v) is 14.0. The van der Waals surface area contributed by atoms with Crippen LogP contribution < -0.4 is 5.32 Å². The molecular weight excluding hydrogens is 266 g/mol. The fourth-order valence-corrected chi connectivity index (χ4v) is 4.07. The summed E-state index contributed by atoms with van der Waals surface area (Å²) >= 11 is 1.95. The third-order valence-electron chi connectivity index (χ3n) is 3.77. The first-order valence-corrected chi connectivity index (χ1v) is 8.76. The maximum Gasteiger partial charge on any atom is 0.134 e. The van der Waals surface area contributed by atoms with Crippen LogP contribution in [-0.4, -0.2) is 21.8 Å². The van der Waals surface area contributed by atoms with E-state index in [4.69, 9.17) is 4.98 Å². The van der Waals surface area contributed by atoms with E-state index >= 15 is 0 Å². The predicted molar refractivity (Wildman–Crippen MR) is 87.6 cm³/mol. The maximum atomic E-state index is 4.75. The van der Waals surface area contributed by atoms with Gasteiger partial charge in [-0.05, 0) is 25.7 Å². The van der Waals surface area contributed by atoms with Crippen molar-refractivity contribution in [1.82, 2.24) is 9.97 Å². The SMILES string of the molecule is CCNc1cc(SC2CCCC(C)C2)nc(C(C)C)n1. The summed E-state index contributed by atoms with van der Waals surface area (Å²) in [5.74, 6) is 3.16. The molecular formula is C16H27N3S. The zero-order chi connectivity index (χ0) is 14.5. The number of aromatic nitrogens is 2. The van der Waals surface area contributed by atoms with Crippen molar-refractivity contribution in [1.29, 1.82) is 0 Å². The lowest BCUT2D eigenvalue weighted by Gasteiger charge is -2.26. The Morgan fingerprint density at radius 1 is 1.35 bits per heavy atom. The number of rotatable bonds is 5. The summed E-state index contributed by atoms with van der Waals surface area (Å²) in [6, 6.07) is 2.11. The molecule has 0 radical (unpaired) electrons. The number of nitrogens with one attached hydrogen (secondary N) is 1. The molecule has 0 amide bonds. The van der Waals surface area contributed by atoms with Crippen molar-refractivity contribution in [2.75, 3.05) is 11.9 Å². The van der Waals surface area contributed by atoms with Gasteiger partial charge in [-0.2, -0.15) is 0 Å². The van der Waals surface area contributed by atoms with Crippen LogP contribution in [0.2, 0.25) is 0 Å². The van der Waals surface area contributed by atoms with E-state index in [1.165, 1.54) is 25.7 Å². The van der Waals surface area contributed by atoms with Gasteiger partial charge in [0.15, 0.2) is 0 Å². The van der Waals surface area contributed by atoms with Gasteiger partial charge in [0, 0.05) is 23.8 Å². The summed E-state index contributed by atoms with van der Waals surface area (Å²) in [5.41, 5.74) is 0. The lowest BCUT2D eigenvalue weighted by Crippen LogP contribution is -2.15. The summed E-state index contributed by atoms with van der Waals surface area (Å²) in [6.07, 6.45) is 5.40. The molecule has 2 rings (SSSR count). The van der Waals surface area contributed by atoms with Crippen LogP contribution in [0, 0.1) is 5.92 Å². The van der Waals surface area contributed by atoms with E-state index in [1.807, 2.05) is 11.8 Å². The van der Waals surface area contributed by atoms with Crippen LogP contribution in [0.3, 0.4) is 0 Å². The van der Waals surface area contributed by atoms with Crippen molar-refractivity contribution >= 4 is 17.6 Å². The summed E-state index contributed by atoms with van der Waals surface area (Å²) in [4.78, 5) is 9.34. The maximum absolute atomic E-state index is 4.75. The second-order valence-corrected chi connectivity index (χ2v) is 7.47. The van der Waals surface area contributed by atoms with Gasteiger partial charge in [-0.25, -0.2) is 9.97 Å². The van der Waals surface area contributed by atoms with Gasteiger partial charge in [0.1, 0.15) is 16.7 Å². The molecule has 0 bridgehead atoms. The number of thioether (sulfide) groups is 1. The monoisotopic (exact) mass is 293 g/mol. The third-order valence-corrected chi connectivity index (χ3v) is 4.98. The Kier molecular flexibility index (Phi) is 5.70. The van der Waals surface area contributed by atoms with Crippen LogP contribution in [0.5, 0.6) is 0 Å². The van der Waals surface area contributed by atoms with Crippen molar-refractivity contribution in [2.45, 2.75) is 69.6 Å². The Morgan fingerprint density at radius 2 is 2.15 bits per heavy atom. The standard InChI is InChI=1S/C16H27N3S/c1-5-17-14-10-15(19-16(18-14)11(2)3)20-13-8-6-7-12(4)9-13/h10-13H,5-9H2,1-4H3,(H,17,18,19). The molecule has 112 valence electrons. The minimum absolute atomic E-state index is 0.373. The molecule has 2 atom stereocenters. The van der Waals surface area contributed by atoms with Gasteiger partial charge in [0.05, 0.1) is 0 Å². The fourth-order valence-electron chi connectivity index (χ4n) is 2.69. The highest BCUT2D eigenvalue weighted by Gasteiger charge is 2.21. The average molecular weight is 293 g/mol. The lowest BCUT2D eigenvalue weighted by molar-refractivity contribution is 0.394. The van der Waals surface area contributed by atoms with Gasteiger partial charge in [0.2, 0.25) is 0 Å². The molecule has 20 heavy (non-hydrogen) atoms. The predicted octanol–water partition coefficient (Wildman–Crippen LogP) is 4.70. The van der Waals surface area contributed by atoms with E-state index in [9.17, 15) is 0 Å². The van der Waals surface area contributed by atoms with Crippen LogP contribution in [0.25, 0.3) is 0 Å². The smallest absolute Gasteiger partial charge is 0.134 e. The number of hydrogen-bond donors (Lipinski definition) is 1. The second kappa shape index (κ2) is 7.30. The Hall–Kier alpha value is -0.770. The molecule has 2 unspecified atom stereocenters. The molecule has 0 aromatic carbocycles. The van der Waals surface area contributed by atoms with E-state index < -0.39 is 0 Å². The van der Waals surface area contributed by atoms with E-state index in [1.54, 1.807) is 0 Å². The average Bonchev–Trinajstić information content (AvgIpc) is 2.38. The normalized spacial score (nSPS) is 23.1. The van der Waals surface area contributed by atoms with Crippen molar-refractivity contribution in [3.05, 3.63) is 11.9 Å². The summed E-state index contributed by atoms with van der Waals surface area (Å²) < 4.78 is 0. The molecule has 0 spiro atoms. The molecule has 1 heterocycles. The topological polar surface area (TPSA) is 37.8 Å². The van der Waals surface area contributed by atoms with Crippen LogP contribution in [0.4, 0.5) is 5.82 Å². The Labute approximate surface area is 127 Å². The Morgan fingerprint density at radius 3 is 2.80 bits per heavy atom. The van der Waals surface area contributed by atoms with E-state index in [2.05, 4.69) is 44.1 Å². The van der Waals surface area contributed by atoms with Crippen molar-refractivity contribution in [3.8, 4) is 0 Å². The van der Waals surface area contributed by atoms with E-state index in [-0.39, 0.29) is 0 Å². The van der Waals surface area contributed by atoms with Gasteiger partial charge < -0.3 is 5.32 Å². The molecule has 4 heteroatoms. The van der Waals surface area contributed by atoms with Crippen LogP contribution in [0.1, 0.15) is 65.1 Å². The molecule has 3 nitrogen and oxygen atoms in total. The van der Waals surface area contributed by atoms with Gasteiger partial charge in [-0.15, -0.1) is 11.8 Å². The Bertz CT molecular complexity index is 434. The molecule has 0 saturated heterocycles. The van der Waals surface area contributed by atoms with Crippen molar-refractivity contribution in [3.63, 3.8) is 0 Å². The summed E-state index contributed by atoms with van der Waals surface area (Å²) in [7, 11) is 0. The molecule has 1 aromatic heterocycles. The molecule has 1 aromatic rings. The molecule has 1 aliphatic carbocycles. The number of hydrogen-bond acceptors (Lipinski definition) is 4. The zero-order valence-electron chi connectivity index (χ0n) is 13.1. The van der Waals surface area contributed by atoms with Crippen LogP contribution >= 0.6 is 11.8 Å². The largest absolute Gasteiger partial charge is 0.370 e. The summed E-state index contributed by atoms with van der Waals surface area (Å²) in [6.45, 7) is 9.69. The van der Waals surface area contributed by atoms with Crippen LogP contribution in [0.15, 0.2) is 11.1 Å². The fraction of sp³-hybridized carbons (Fsp3) is 0.750. The minimum atomic E-state index is 0.373. The van der Waals surface area contributed by atoms with Gasteiger partial charge in [-0.3, -0.25) is 0 Å². The first-order chi connectivity index (χ1) is 9.58. The third kappa shape index (κ3) is 4.37. The highest BCUT2D eigenvalue weighted by molar-refractivity contribution is 7.99. The molecule has 1 saturated carbocycles. The van der Waals surface area contributed by atoms with Gasteiger partial charge >= 0.3 is 0 Å². The quantitative estimate of drug-likeness (QED) is 0.798. The number of nitrogens with zero attached hydrogens (tertiary/aromatic N) is 2. The van der Waals surface area contributed by atoms with Crippen LogP contribution in [-0.2, 0) is 0 Å². The molecule has 1 fully saturated rings. The van der Waals surface area contributed by atoms with Crippen molar-refractivity contribution in [2.24, 2.45) is 5.92 Å². The van der Waals surface area contributed by atoms with E-state index in [0.717, 1.165) is 34.4 Å². The lowest BCUT2D eigenvalue weighted by atomic mass is 9.91. The van der Waals surface area contributed by atoms with Crippen molar-refractivity contribution < 1.29 is 0 Å². The van der Waals surface area contributed by atoms with Gasteiger partial charge in [0.25, 0.3) is 0 Å². The van der Waals surface area contributed by atoms with Gasteiger partial charge in [-0.1, -0.05) is 33.6 Å². The highest BCUT2D eigenvalue weighted by atomic mass is 32.2. The second-order valence-electron chi connectivity index (χ2n) is 6.15. The number of anilines is 1. The summed E-state index contributed by atoms with van der Waals surface area (Å²) in [5, 5.41) is 5.19.